The highest BCUT2D eigenvalue weighted by atomic mass is 79.9. The molecule has 0 amide bonds. The molecular formula is C10H7BrF3N3. The van der Waals surface area contributed by atoms with Gasteiger partial charge in [-0.3, -0.25) is 0 Å². The largest absolute Gasteiger partial charge is 0.435 e. The second-order valence-electron chi connectivity index (χ2n) is 3.44. The molecule has 0 aliphatic carbocycles. The van der Waals surface area contributed by atoms with Gasteiger partial charge in [0.25, 0.3) is 0 Å². The summed E-state index contributed by atoms with van der Waals surface area (Å²) in [6, 6.07) is 2.68. The Morgan fingerprint density at radius 2 is 2.06 bits per heavy atom. The van der Waals surface area contributed by atoms with Gasteiger partial charge in [0.2, 0.25) is 0 Å². The van der Waals surface area contributed by atoms with Crippen LogP contribution in [0.1, 0.15) is 11.3 Å². The SMILES string of the molecule is Cc1cc(Br)cnc1-n1ccc(C(F)(F)F)n1. The van der Waals surface area contributed by atoms with E-state index in [-0.39, 0.29) is 0 Å². The fraction of sp³-hybridized carbons (Fsp3) is 0.200. The molecule has 0 atom stereocenters. The Hall–Kier alpha value is -1.37. The molecule has 0 aliphatic rings. The van der Waals surface area contributed by atoms with Gasteiger partial charge in [-0.1, -0.05) is 0 Å². The van der Waals surface area contributed by atoms with E-state index >= 15 is 0 Å². The first-order chi connectivity index (χ1) is 7.88. The maximum atomic E-state index is 12.4. The highest BCUT2D eigenvalue weighted by Crippen LogP contribution is 2.28. The third kappa shape index (κ3) is 2.49. The van der Waals surface area contributed by atoms with Gasteiger partial charge >= 0.3 is 6.18 Å². The van der Waals surface area contributed by atoms with Crippen LogP contribution in [0.25, 0.3) is 5.82 Å². The average molecular weight is 306 g/mol. The van der Waals surface area contributed by atoms with Crippen molar-refractivity contribution in [2.24, 2.45) is 0 Å². The summed E-state index contributed by atoms with van der Waals surface area (Å²) in [7, 11) is 0. The zero-order chi connectivity index (χ0) is 12.6. The smallest absolute Gasteiger partial charge is 0.236 e. The number of hydrogen-bond acceptors (Lipinski definition) is 2. The monoisotopic (exact) mass is 305 g/mol. The van der Waals surface area contributed by atoms with Gasteiger partial charge in [-0.15, -0.1) is 0 Å². The molecule has 17 heavy (non-hydrogen) atoms. The molecule has 0 saturated carbocycles. The normalized spacial score (nSPS) is 11.8. The second kappa shape index (κ2) is 4.14. The maximum Gasteiger partial charge on any atom is 0.435 e. The molecule has 2 aromatic rings. The predicted molar refractivity (Wildman–Crippen MR) is 58.8 cm³/mol. The first-order valence-electron chi connectivity index (χ1n) is 4.63. The van der Waals surface area contributed by atoms with Gasteiger partial charge in [-0.2, -0.15) is 18.3 Å². The van der Waals surface area contributed by atoms with Crippen molar-refractivity contribution in [2.75, 3.05) is 0 Å². The van der Waals surface area contributed by atoms with Gasteiger partial charge < -0.3 is 0 Å². The van der Waals surface area contributed by atoms with E-state index < -0.39 is 11.9 Å². The number of alkyl halides is 3. The lowest BCUT2D eigenvalue weighted by atomic mass is 10.3. The molecule has 2 aromatic heterocycles. The Bertz CT molecular complexity index is 548. The molecule has 3 nitrogen and oxygen atoms in total. The number of hydrogen-bond donors (Lipinski definition) is 0. The van der Waals surface area contributed by atoms with Crippen LogP contribution in [-0.4, -0.2) is 14.8 Å². The lowest BCUT2D eigenvalue weighted by Crippen LogP contribution is -2.08. The minimum Gasteiger partial charge on any atom is -0.236 e. The van der Waals surface area contributed by atoms with Crippen LogP contribution in [0, 0.1) is 6.92 Å². The topological polar surface area (TPSA) is 30.7 Å². The van der Waals surface area contributed by atoms with Gasteiger partial charge in [0.05, 0.1) is 0 Å². The summed E-state index contributed by atoms with van der Waals surface area (Å²) in [5.41, 5.74) is -0.196. The van der Waals surface area contributed by atoms with Crippen LogP contribution in [0.2, 0.25) is 0 Å². The van der Waals surface area contributed by atoms with Gasteiger partial charge in [0, 0.05) is 16.9 Å². The Morgan fingerprint density at radius 3 is 2.59 bits per heavy atom. The summed E-state index contributed by atoms with van der Waals surface area (Å²) >= 11 is 3.23. The van der Waals surface area contributed by atoms with Crippen molar-refractivity contribution < 1.29 is 13.2 Å². The van der Waals surface area contributed by atoms with Crippen LogP contribution in [0.4, 0.5) is 13.2 Å². The van der Waals surface area contributed by atoms with Crippen molar-refractivity contribution in [3.05, 3.63) is 40.3 Å². The van der Waals surface area contributed by atoms with Crippen LogP contribution in [0.3, 0.4) is 0 Å². The summed E-state index contributed by atoms with van der Waals surface area (Å²) in [5.74, 6) is 0.378. The fourth-order valence-corrected chi connectivity index (χ4v) is 1.81. The van der Waals surface area contributed by atoms with Gasteiger partial charge in [-0.25, -0.2) is 9.67 Å². The third-order valence-electron chi connectivity index (χ3n) is 2.11. The third-order valence-corrected chi connectivity index (χ3v) is 2.55. The van der Waals surface area contributed by atoms with Crippen LogP contribution in [0.15, 0.2) is 29.0 Å². The number of aryl methyl sites for hydroxylation is 1. The Kier molecular flexibility index (Phi) is 2.94. The highest BCUT2D eigenvalue weighted by Gasteiger charge is 2.33. The Labute approximate surface area is 103 Å². The van der Waals surface area contributed by atoms with Crippen molar-refractivity contribution in [3.8, 4) is 5.82 Å². The lowest BCUT2D eigenvalue weighted by molar-refractivity contribution is -0.141. The van der Waals surface area contributed by atoms with Gasteiger partial charge in [0.15, 0.2) is 11.5 Å². The predicted octanol–water partition coefficient (Wildman–Crippen LogP) is 3.36. The van der Waals surface area contributed by atoms with Crippen molar-refractivity contribution in [3.63, 3.8) is 0 Å². The Morgan fingerprint density at radius 1 is 1.35 bits per heavy atom. The van der Waals surface area contributed by atoms with Crippen molar-refractivity contribution in [1.29, 1.82) is 0 Å². The van der Waals surface area contributed by atoms with E-state index in [0.717, 1.165) is 20.8 Å². The first kappa shape index (κ1) is 12.1. The summed E-state index contributed by atoms with van der Waals surface area (Å²) in [6.07, 6.45) is -1.68. The molecule has 0 aromatic carbocycles. The zero-order valence-corrected chi connectivity index (χ0v) is 10.2. The van der Waals surface area contributed by atoms with Crippen LogP contribution in [0.5, 0.6) is 0 Å². The quantitative estimate of drug-likeness (QED) is 0.809. The van der Waals surface area contributed by atoms with Gasteiger partial charge in [-0.05, 0) is 40.5 Å². The molecule has 0 unspecified atom stereocenters. The average Bonchev–Trinajstić information content (AvgIpc) is 2.65. The van der Waals surface area contributed by atoms with E-state index in [4.69, 9.17) is 0 Å². The van der Waals surface area contributed by atoms with E-state index in [0.29, 0.717) is 5.82 Å². The van der Waals surface area contributed by atoms with Crippen molar-refractivity contribution in [2.45, 2.75) is 13.1 Å². The minimum atomic E-state index is -4.44. The number of aromatic nitrogens is 3. The van der Waals surface area contributed by atoms with E-state index in [1.165, 1.54) is 12.4 Å². The van der Waals surface area contributed by atoms with E-state index in [1.54, 1.807) is 13.0 Å². The minimum absolute atomic E-state index is 0.378. The molecule has 0 spiro atoms. The fourth-order valence-electron chi connectivity index (χ4n) is 1.37. The van der Waals surface area contributed by atoms with Crippen LogP contribution >= 0.6 is 15.9 Å². The molecule has 2 rings (SSSR count). The highest BCUT2D eigenvalue weighted by molar-refractivity contribution is 9.10. The number of halogens is 4. The molecule has 0 bridgehead atoms. The molecule has 0 aliphatic heterocycles. The van der Waals surface area contributed by atoms with E-state index in [9.17, 15) is 13.2 Å². The van der Waals surface area contributed by atoms with Crippen LogP contribution in [-0.2, 0) is 6.18 Å². The summed E-state index contributed by atoms with van der Waals surface area (Å²) in [4.78, 5) is 4.03. The molecule has 2 heterocycles. The molecule has 0 radical (unpaired) electrons. The molecular weight excluding hydrogens is 299 g/mol. The van der Waals surface area contributed by atoms with Gasteiger partial charge in [0.1, 0.15) is 0 Å². The molecule has 0 fully saturated rings. The van der Waals surface area contributed by atoms with Crippen molar-refractivity contribution in [1.82, 2.24) is 14.8 Å². The lowest BCUT2D eigenvalue weighted by Gasteiger charge is -2.05. The molecule has 0 saturated heterocycles. The van der Waals surface area contributed by atoms with E-state index in [2.05, 4.69) is 26.0 Å². The first-order valence-corrected chi connectivity index (χ1v) is 5.42. The summed E-state index contributed by atoms with van der Waals surface area (Å²) in [5, 5.41) is 3.46. The number of pyridine rings is 1. The summed E-state index contributed by atoms with van der Waals surface area (Å²) in [6.45, 7) is 1.75. The second-order valence-corrected chi connectivity index (χ2v) is 4.35. The zero-order valence-electron chi connectivity index (χ0n) is 8.66. The number of rotatable bonds is 1. The number of nitrogens with zero attached hydrogens (tertiary/aromatic N) is 3. The van der Waals surface area contributed by atoms with E-state index in [1.807, 2.05) is 0 Å². The molecule has 7 heteroatoms. The molecule has 0 N–H and O–H groups in total. The van der Waals surface area contributed by atoms with Crippen LogP contribution < -0.4 is 0 Å². The summed E-state index contributed by atoms with van der Waals surface area (Å²) < 4.78 is 39.0. The molecule has 90 valence electrons. The standard InChI is InChI=1S/C10H7BrF3N3/c1-6-4-7(11)5-15-9(6)17-3-2-8(16-17)10(12,13)14/h2-5H,1H3. The maximum absolute atomic E-state index is 12.4. The Balaban J connectivity index is 2.44. The van der Waals surface area contributed by atoms with Crippen molar-refractivity contribution >= 4 is 15.9 Å².